The van der Waals surface area contributed by atoms with E-state index in [2.05, 4.69) is 20.8 Å². The average Bonchev–Trinajstić information content (AvgIpc) is 2.27. The summed E-state index contributed by atoms with van der Waals surface area (Å²) in [5.74, 6) is 0.356. The molecule has 0 aromatic rings. The Balaban J connectivity index is 2.92. The number of esters is 2. The van der Waals surface area contributed by atoms with E-state index in [0.29, 0.717) is 5.92 Å². The Labute approximate surface area is 109 Å². The minimum atomic E-state index is -0.276. The molecule has 0 bridgehead atoms. The third-order valence-corrected chi connectivity index (χ3v) is 4.34. The molecule has 0 aromatic heterocycles. The van der Waals surface area contributed by atoms with Crippen LogP contribution in [0.4, 0.5) is 0 Å². The molecule has 1 fully saturated rings. The highest BCUT2D eigenvalue weighted by Crippen LogP contribution is 2.41. The summed E-state index contributed by atoms with van der Waals surface area (Å²) in [6.45, 7) is 11.1. The molecule has 1 rings (SSSR count). The number of carbonyl (C=O) groups excluding carboxylic acids is 2. The third kappa shape index (κ3) is 3.03. The fourth-order valence-corrected chi connectivity index (χ4v) is 3.03. The van der Waals surface area contributed by atoms with Crippen LogP contribution in [0.2, 0.25) is 0 Å². The van der Waals surface area contributed by atoms with Crippen molar-refractivity contribution in [3.8, 4) is 0 Å². The van der Waals surface area contributed by atoms with E-state index in [4.69, 9.17) is 9.47 Å². The highest BCUT2D eigenvalue weighted by Gasteiger charge is 2.46. The summed E-state index contributed by atoms with van der Waals surface area (Å²) < 4.78 is 10.8. The molecule has 0 spiro atoms. The fraction of sp³-hybridized carbons (Fsp3) is 0.857. The first-order valence-electron chi connectivity index (χ1n) is 6.60. The SMILES string of the molecule is CC(=O)OC1C(C)C(C)C(C)C(OC(C)=O)C1C. The Hall–Kier alpha value is -1.06. The number of carbonyl (C=O) groups is 2. The van der Waals surface area contributed by atoms with Gasteiger partial charge in [0.05, 0.1) is 0 Å². The lowest BCUT2D eigenvalue weighted by Gasteiger charge is -2.46. The Kier molecular flexibility index (Phi) is 4.77. The van der Waals surface area contributed by atoms with Gasteiger partial charge in [-0.25, -0.2) is 0 Å². The molecule has 0 radical (unpaired) electrons. The smallest absolute Gasteiger partial charge is 0.302 e. The van der Waals surface area contributed by atoms with Crippen molar-refractivity contribution >= 4 is 11.9 Å². The van der Waals surface area contributed by atoms with Crippen LogP contribution >= 0.6 is 0 Å². The van der Waals surface area contributed by atoms with E-state index in [9.17, 15) is 9.59 Å². The molecule has 4 heteroatoms. The van der Waals surface area contributed by atoms with E-state index >= 15 is 0 Å². The van der Waals surface area contributed by atoms with Crippen LogP contribution in [0, 0.1) is 23.7 Å². The van der Waals surface area contributed by atoms with Crippen molar-refractivity contribution in [2.24, 2.45) is 23.7 Å². The highest BCUT2D eigenvalue weighted by atomic mass is 16.6. The topological polar surface area (TPSA) is 52.6 Å². The van der Waals surface area contributed by atoms with Crippen molar-refractivity contribution in [3.05, 3.63) is 0 Å². The molecule has 4 unspecified atom stereocenters. The van der Waals surface area contributed by atoms with E-state index in [-0.39, 0.29) is 41.9 Å². The van der Waals surface area contributed by atoms with Crippen molar-refractivity contribution in [2.75, 3.05) is 0 Å². The molecule has 104 valence electrons. The second-order valence-corrected chi connectivity index (χ2v) is 5.58. The van der Waals surface area contributed by atoms with Crippen LogP contribution in [0.5, 0.6) is 0 Å². The first kappa shape index (κ1) is 15.0. The van der Waals surface area contributed by atoms with Gasteiger partial charge in [0, 0.05) is 19.8 Å². The summed E-state index contributed by atoms with van der Waals surface area (Å²) in [4.78, 5) is 22.4. The lowest BCUT2D eigenvalue weighted by molar-refractivity contribution is -0.180. The van der Waals surface area contributed by atoms with Crippen LogP contribution in [0.1, 0.15) is 41.5 Å². The Morgan fingerprint density at radius 3 is 1.28 bits per heavy atom. The first-order chi connectivity index (χ1) is 8.25. The number of ether oxygens (including phenoxy) is 2. The Morgan fingerprint density at radius 1 is 0.667 bits per heavy atom. The standard InChI is InChI=1S/C14H24O4/c1-7-8(2)13(17-11(5)15)10(4)14(9(7)3)18-12(6)16/h7-10,13-14H,1-6H3. The van der Waals surface area contributed by atoms with Crippen molar-refractivity contribution in [2.45, 2.75) is 53.8 Å². The molecule has 1 aliphatic carbocycles. The predicted octanol–water partition coefficient (Wildman–Crippen LogP) is 2.41. The molecule has 1 saturated carbocycles. The minimum Gasteiger partial charge on any atom is -0.462 e. The van der Waals surface area contributed by atoms with Crippen molar-refractivity contribution in [1.82, 2.24) is 0 Å². The van der Waals surface area contributed by atoms with Gasteiger partial charge in [0.2, 0.25) is 0 Å². The normalized spacial score (nSPS) is 40.1. The van der Waals surface area contributed by atoms with Gasteiger partial charge in [-0.3, -0.25) is 9.59 Å². The molecular weight excluding hydrogens is 232 g/mol. The fourth-order valence-electron chi connectivity index (χ4n) is 3.03. The summed E-state index contributed by atoms with van der Waals surface area (Å²) in [6, 6.07) is 0. The predicted molar refractivity (Wildman–Crippen MR) is 67.8 cm³/mol. The molecule has 0 saturated heterocycles. The summed E-state index contributed by atoms with van der Waals surface area (Å²) in [6.07, 6.45) is -0.365. The van der Waals surface area contributed by atoms with Crippen LogP contribution in [0.15, 0.2) is 0 Å². The van der Waals surface area contributed by atoms with E-state index in [1.54, 1.807) is 0 Å². The molecule has 0 aromatic carbocycles. The first-order valence-corrected chi connectivity index (χ1v) is 6.60. The average molecular weight is 256 g/mol. The van der Waals surface area contributed by atoms with Gasteiger partial charge in [0.1, 0.15) is 12.2 Å². The van der Waals surface area contributed by atoms with Gasteiger partial charge in [-0.15, -0.1) is 0 Å². The van der Waals surface area contributed by atoms with Crippen molar-refractivity contribution in [1.29, 1.82) is 0 Å². The largest absolute Gasteiger partial charge is 0.462 e. The zero-order chi connectivity index (χ0) is 14.0. The Morgan fingerprint density at radius 2 is 1.00 bits per heavy atom. The zero-order valence-corrected chi connectivity index (χ0v) is 12.1. The molecule has 0 amide bonds. The van der Waals surface area contributed by atoms with Crippen LogP contribution < -0.4 is 0 Å². The summed E-state index contributed by atoms with van der Waals surface area (Å²) in [7, 11) is 0. The summed E-state index contributed by atoms with van der Waals surface area (Å²) >= 11 is 0. The van der Waals surface area contributed by atoms with Crippen molar-refractivity contribution in [3.63, 3.8) is 0 Å². The second kappa shape index (κ2) is 5.72. The van der Waals surface area contributed by atoms with E-state index in [1.807, 2.05) is 6.92 Å². The van der Waals surface area contributed by atoms with Gasteiger partial charge in [-0.2, -0.15) is 0 Å². The highest BCUT2D eigenvalue weighted by molar-refractivity contribution is 5.67. The van der Waals surface area contributed by atoms with Gasteiger partial charge >= 0.3 is 11.9 Å². The lowest BCUT2D eigenvalue weighted by Crippen LogP contribution is -2.51. The molecule has 1 aliphatic rings. The van der Waals surface area contributed by atoms with Gasteiger partial charge in [0.25, 0.3) is 0 Å². The third-order valence-electron chi connectivity index (χ3n) is 4.34. The number of hydrogen-bond donors (Lipinski definition) is 0. The van der Waals surface area contributed by atoms with E-state index in [1.165, 1.54) is 13.8 Å². The van der Waals surface area contributed by atoms with Gasteiger partial charge in [-0.05, 0) is 17.8 Å². The molecule has 0 N–H and O–H groups in total. The van der Waals surface area contributed by atoms with E-state index in [0.717, 1.165) is 0 Å². The maximum Gasteiger partial charge on any atom is 0.302 e. The Bertz CT molecular complexity index is 296. The molecule has 4 nitrogen and oxygen atoms in total. The van der Waals surface area contributed by atoms with Crippen LogP contribution in [-0.2, 0) is 19.1 Å². The molecule has 4 atom stereocenters. The van der Waals surface area contributed by atoms with Gasteiger partial charge in [-0.1, -0.05) is 27.7 Å². The van der Waals surface area contributed by atoms with Gasteiger partial charge in [0.15, 0.2) is 0 Å². The second-order valence-electron chi connectivity index (χ2n) is 5.58. The summed E-state index contributed by atoms with van der Waals surface area (Å²) in [5, 5.41) is 0. The van der Waals surface area contributed by atoms with E-state index < -0.39 is 0 Å². The van der Waals surface area contributed by atoms with Crippen molar-refractivity contribution < 1.29 is 19.1 Å². The molecule has 18 heavy (non-hydrogen) atoms. The van der Waals surface area contributed by atoms with Gasteiger partial charge < -0.3 is 9.47 Å². The minimum absolute atomic E-state index is 0.0269. The molecule has 0 heterocycles. The molecular formula is C14H24O4. The number of rotatable bonds is 2. The summed E-state index contributed by atoms with van der Waals surface area (Å²) in [5.41, 5.74) is 0. The maximum absolute atomic E-state index is 11.2. The molecule has 0 aliphatic heterocycles. The zero-order valence-electron chi connectivity index (χ0n) is 12.1. The van der Waals surface area contributed by atoms with Crippen LogP contribution in [0.3, 0.4) is 0 Å². The quantitative estimate of drug-likeness (QED) is 0.712. The maximum atomic E-state index is 11.2. The number of hydrogen-bond acceptors (Lipinski definition) is 4. The monoisotopic (exact) mass is 256 g/mol. The van der Waals surface area contributed by atoms with Crippen LogP contribution in [-0.4, -0.2) is 24.1 Å². The lowest BCUT2D eigenvalue weighted by atomic mass is 9.66. The van der Waals surface area contributed by atoms with Crippen LogP contribution in [0.25, 0.3) is 0 Å².